The fraction of sp³-hybridized carbons (Fsp3) is 0.875. The Bertz CT molecular complexity index is 349. The third-order valence-corrected chi connectivity index (χ3v) is 4.67. The van der Waals surface area contributed by atoms with Crippen molar-refractivity contribution in [2.45, 2.75) is 70.8 Å². The van der Waals surface area contributed by atoms with Crippen LogP contribution in [0.25, 0.3) is 0 Å². The van der Waals surface area contributed by atoms with Crippen LogP contribution in [-0.2, 0) is 9.59 Å². The summed E-state index contributed by atoms with van der Waals surface area (Å²) in [6.07, 6.45) is 6.42. The van der Waals surface area contributed by atoms with Crippen LogP contribution in [0.15, 0.2) is 0 Å². The molecule has 0 radical (unpaired) electrons. The molecule has 1 saturated carbocycles. The Morgan fingerprint density at radius 1 is 1.19 bits per heavy atom. The molecule has 0 spiro atoms. The zero-order chi connectivity index (χ0) is 15.9. The Hall–Kier alpha value is -1.10. The topological polar surface area (TPSA) is 92.4 Å². The van der Waals surface area contributed by atoms with E-state index in [0.717, 1.165) is 38.5 Å². The highest BCUT2D eigenvalue weighted by Crippen LogP contribution is 2.26. The largest absolute Gasteiger partial charge is 0.481 e. The van der Waals surface area contributed by atoms with Crippen molar-refractivity contribution < 1.29 is 14.7 Å². The van der Waals surface area contributed by atoms with E-state index < -0.39 is 11.5 Å². The molecular weight excluding hydrogens is 268 g/mol. The summed E-state index contributed by atoms with van der Waals surface area (Å²) in [5, 5.41) is 11.7. The summed E-state index contributed by atoms with van der Waals surface area (Å²) in [6.45, 7) is 4.78. The molecule has 1 atom stereocenters. The highest BCUT2D eigenvalue weighted by molar-refractivity contribution is 5.86. The lowest BCUT2D eigenvalue weighted by molar-refractivity contribution is -0.137. The molecule has 1 rings (SSSR count). The first-order chi connectivity index (χ1) is 9.85. The molecule has 1 amide bonds. The lowest BCUT2D eigenvalue weighted by Crippen LogP contribution is -2.55. The molecule has 0 aromatic heterocycles. The average Bonchev–Trinajstić information content (AvgIpc) is 2.42. The van der Waals surface area contributed by atoms with Crippen molar-refractivity contribution in [1.82, 2.24) is 5.32 Å². The van der Waals surface area contributed by atoms with Crippen LogP contribution in [0.3, 0.4) is 0 Å². The van der Waals surface area contributed by atoms with Crippen LogP contribution in [0.5, 0.6) is 0 Å². The number of aliphatic carboxylic acids is 1. The predicted octanol–water partition coefficient (Wildman–Crippen LogP) is 2.29. The minimum absolute atomic E-state index is 0.0389. The maximum atomic E-state index is 12.2. The fourth-order valence-electron chi connectivity index (χ4n) is 3.08. The van der Waals surface area contributed by atoms with E-state index in [1.165, 1.54) is 0 Å². The summed E-state index contributed by atoms with van der Waals surface area (Å²) in [5.74, 6) is -0.0556. The monoisotopic (exact) mass is 298 g/mol. The van der Waals surface area contributed by atoms with E-state index >= 15 is 0 Å². The van der Waals surface area contributed by atoms with E-state index in [1.807, 2.05) is 0 Å². The number of amides is 1. The summed E-state index contributed by atoms with van der Waals surface area (Å²) in [6, 6.07) is 0. The number of carboxylic acid groups (broad SMARTS) is 1. The van der Waals surface area contributed by atoms with Gasteiger partial charge in [-0.15, -0.1) is 0 Å². The zero-order valence-electron chi connectivity index (χ0n) is 13.4. The lowest BCUT2D eigenvalue weighted by atomic mass is 9.81. The van der Waals surface area contributed by atoms with Crippen molar-refractivity contribution in [3.8, 4) is 0 Å². The molecule has 0 bridgehead atoms. The maximum Gasteiger partial charge on any atom is 0.303 e. The van der Waals surface area contributed by atoms with Gasteiger partial charge in [0, 0.05) is 13.0 Å². The van der Waals surface area contributed by atoms with Crippen molar-refractivity contribution in [3.63, 3.8) is 0 Å². The number of carboxylic acids is 1. The molecular formula is C16H30N2O3. The molecule has 0 aliphatic heterocycles. The highest BCUT2D eigenvalue weighted by atomic mass is 16.4. The van der Waals surface area contributed by atoms with Gasteiger partial charge in [-0.05, 0) is 37.5 Å². The van der Waals surface area contributed by atoms with Crippen molar-refractivity contribution in [3.05, 3.63) is 0 Å². The molecule has 122 valence electrons. The van der Waals surface area contributed by atoms with Gasteiger partial charge < -0.3 is 16.2 Å². The SMILES string of the molecule is CC(C)C(CCNC(=O)C1(N)CCCCC1)CCC(=O)O. The Balaban J connectivity index is 2.35. The molecule has 5 nitrogen and oxygen atoms in total. The fourth-order valence-corrected chi connectivity index (χ4v) is 3.08. The molecule has 1 fully saturated rings. The van der Waals surface area contributed by atoms with E-state index in [1.54, 1.807) is 0 Å². The van der Waals surface area contributed by atoms with Crippen molar-refractivity contribution in [1.29, 1.82) is 0 Å². The molecule has 0 aromatic rings. The normalized spacial score (nSPS) is 19.2. The maximum absolute atomic E-state index is 12.2. The molecule has 0 saturated heterocycles. The Morgan fingerprint density at radius 2 is 1.81 bits per heavy atom. The van der Waals surface area contributed by atoms with Gasteiger partial charge in [0.15, 0.2) is 0 Å². The van der Waals surface area contributed by atoms with E-state index in [-0.39, 0.29) is 12.3 Å². The number of hydrogen-bond acceptors (Lipinski definition) is 3. The molecule has 1 aliphatic rings. The summed E-state index contributed by atoms with van der Waals surface area (Å²) >= 11 is 0. The van der Waals surface area contributed by atoms with E-state index in [4.69, 9.17) is 10.8 Å². The van der Waals surface area contributed by atoms with Crippen LogP contribution in [0.4, 0.5) is 0 Å². The van der Waals surface area contributed by atoms with Gasteiger partial charge in [0.2, 0.25) is 5.91 Å². The minimum atomic E-state index is -0.757. The summed E-state index contributed by atoms with van der Waals surface area (Å²) in [7, 11) is 0. The third-order valence-electron chi connectivity index (χ3n) is 4.67. The molecule has 1 unspecified atom stereocenters. The second kappa shape index (κ2) is 8.37. The molecule has 0 heterocycles. The molecule has 4 N–H and O–H groups in total. The Labute approximate surface area is 127 Å². The van der Waals surface area contributed by atoms with Gasteiger partial charge in [0.05, 0.1) is 5.54 Å². The van der Waals surface area contributed by atoms with Gasteiger partial charge in [-0.25, -0.2) is 0 Å². The van der Waals surface area contributed by atoms with Gasteiger partial charge in [0.25, 0.3) is 0 Å². The smallest absolute Gasteiger partial charge is 0.303 e. The van der Waals surface area contributed by atoms with Gasteiger partial charge in [-0.3, -0.25) is 9.59 Å². The summed E-state index contributed by atoms with van der Waals surface area (Å²) < 4.78 is 0. The first-order valence-electron chi connectivity index (χ1n) is 8.14. The Morgan fingerprint density at radius 3 is 2.33 bits per heavy atom. The molecule has 1 aliphatic carbocycles. The Kier molecular flexibility index (Phi) is 7.15. The number of rotatable bonds is 8. The van der Waals surface area contributed by atoms with Crippen LogP contribution in [-0.4, -0.2) is 29.1 Å². The van der Waals surface area contributed by atoms with Gasteiger partial charge in [0.1, 0.15) is 0 Å². The number of carbonyl (C=O) groups excluding carboxylic acids is 1. The van der Waals surface area contributed by atoms with Crippen molar-refractivity contribution in [2.24, 2.45) is 17.6 Å². The van der Waals surface area contributed by atoms with Crippen molar-refractivity contribution >= 4 is 11.9 Å². The van der Waals surface area contributed by atoms with Crippen LogP contribution in [0, 0.1) is 11.8 Å². The molecule has 5 heteroatoms. The van der Waals surface area contributed by atoms with Gasteiger partial charge in [-0.1, -0.05) is 33.1 Å². The van der Waals surface area contributed by atoms with E-state index in [0.29, 0.717) is 24.8 Å². The number of carbonyl (C=O) groups is 2. The lowest BCUT2D eigenvalue weighted by Gasteiger charge is -2.32. The van der Waals surface area contributed by atoms with Gasteiger partial charge in [-0.2, -0.15) is 0 Å². The number of nitrogens with two attached hydrogens (primary N) is 1. The van der Waals surface area contributed by atoms with Crippen LogP contribution in [0.2, 0.25) is 0 Å². The van der Waals surface area contributed by atoms with Crippen LogP contribution < -0.4 is 11.1 Å². The summed E-state index contributed by atoms with van der Waals surface area (Å²) in [5.41, 5.74) is 5.50. The van der Waals surface area contributed by atoms with E-state index in [2.05, 4.69) is 19.2 Å². The minimum Gasteiger partial charge on any atom is -0.481 e. The first kappa shape index (κ1) is 18.0. The second-order valence-corrected chi connectivity index (χ2v) is 6.70. The number of hydrogen-bond donors (Lipinski definition) is 3. The molecule has 21 heavy (non-hydrogen) atoms. The van der Waals surface area contributed by atoms with E-state index in [9.17, 15) is 9.59 Å². The quantitative estimate of drug-likeness (QED) is 0.641. The second-order valence-electron chi connectivity index (χ2n) is 6.70. The van der Waals surface area contributed by atoms with Crippen LogP contribution in [0.1, 0.15) is 65.2 Å². The van der Waals surface area contributed by atoms with Crippen LogP contribution >= 0.6 is 0 Å². The zero-order valence-corrected chi connectivity index (χ0v) is 13.4. The standard InChI is InChI=1S/C16H30N2O3/c1-12(2)13(6-7-14(19)20)8-11-18-15(21)16(17)9-4-3-5-10-16/h12-13H,3-11,17H2,1-2H3,(H,18,21)(H,19,20). The summed E-state index contributed by atoms with van der Waals surface area (Å²) in [4.78, 5) is 22.9. The van der Waals surface area contributed by atoms with Gasteiger partial charge >= 0.3 is 5.97 Å². The number of nitrogens with one attached hydrogen (secondary N) is 1. The first-order valence-corrected chi connectivity index (χ1v) is 8.14. The predicted molar refractivity (Wildman–Crippen MR) is 82.8 cm³/mol. The highest BCUT2D eigenvalue weighted by Gasteiger charge is 2.34. The molecule has 0 aromatic carbocycles. The van der Waals surface area contributed by atoms with Crippen molar-refractivity contribution in [2.75, 3.05) is 6.54 Å². The average molecular weight is 298 g/mol. The third kappa shape index (κ3) is 6.04.